The lowest BCUT2D eigenvalue weighted by molar-refractivity contribution is -0.404. The van der Waals surface area contributed by atoms with Crippen LogP contribution >= 0.6 is 0 Å². The summed E-state index contributed by atoms with van der Waals surface area (Å²) in [6, 6.07) is 0. The average molecular weight is 1350 g/mol. The Morgan fingerprint density at radius 1 is 0.585 bits per heavy atom. The monoisotopic (exact) mass is 1350 g/mol. The molecule has 10 aliphatic rings. The number of carboxylic acid groups (broad SMARTS) is 1. The van der Waals surface area contributed by atoms with Crippen LogP contribution in [0.2, 0.25) is 0 Å². The highest BCUT2D eigenvalue weighted by molar-refractivity contribution is 5.88. The van der Waals surface area contributed by atoms with E-state index in [2.05, 4.69) is 20.8 Å². The maximum atomic E-state index is 13.9. The van der Waals surface area contributed by atoms with Crippen LogP contribution in [0.5, 0.6) is 0 Å². The van der Waals surface area contributed by atoms with Crippen molar-refractivity contribution < 1.29 is 143 Å². The minimum absolute atomic E-state index is 0.0257. The van der Waals surface area contributed by atoms with E-state index in [1.165, 1.54) is 6.92 Å². The largest absolute Gasteiger partial charge is 0.479 e. The van der Waals surface area contributed by atoms with Crippen molar-refractivity contribution in [2.75, 3.05) is 13.2 Å². The number of rotatable bonds is 17. The molecule has 6 saturated carbocycles. The number of carbonyl (C=O) groups excluding carboxylic acids is 3. The molecule has 4 saturated heterocycles. The van der Waals surface area contributed by atoms with Gasteiger partial charge in [0, 0.05) is 48.2 Å². The van der Waals surface area contributed by atoms with Crippen molar-refractivity contribution in [3.05, 3.63) is 11.6 Å². The Balaban J connectivity index is 0.992. The standard InChI is InChI=1S/C65H102O29/c1-12-14-36(69)88-51-50(92-53(81)26(3)13-2)59(5,6)22-33-64-20-16-32-61(9)18-17-34(60(7,8)31(61)15-19-62(32,10)63(64,11)23-35(84-27(4)68)65(33,51)58(83)94-64)87-57-49(85-29-21-28(24-66)37(70)40(73)38(29)71)46(45(78)47(90-57)52(79)80)89-56-48(42(75)39(72)30(25-67)86-56)91-55-44(77)41(74)43(76)54(82)93-55/h13,28-35,37-51,54-58,66-67,70-78,82-83H,12,14-25H2,1-11H3,(H,79,80)/b26-13-/t28-,29-,30-,31+,32-,33+,34+,35-,37+,38+,39+,40+,41-,42+,43-,44-,45+,46+,47+,48-,49-,50+,51+,54-,55-,56+,57-,58+,61+,62-,63+,64+,65-/m1/s1. The Labute approximate surface area is 545 Å². The second-order valence-electron chi connectivity index (χ2n) is 30.6. The van der Waals surface area contributed by atoms with E-state index < -0.39 is 234 Å². The molecule has 10 fully saturated rings. The number of hydrogen-bond acceptors (Lipinski definition) is 28. The number of carbonyl (C=O) groups is 4. The number of aliphatic hydroxyl groups excluding tert-OH is 13. The third kappa shape index (κ3) is 11.6. The normalized spacial score (nSPS) is 51.2. The molecule has 2 bridgehead atoms. The fraction of sp³-hybridized carbons (Fsp3) is 0.908. The Bertz CT molecular complexity index is 2780. The van der Waals surface area contributed by atoms with Gasteiger partial charge in [-0.25, -0.2) is 9.59 Å². The fourth-order valence-corrected chi connectivity index (χ4v) is 19.8. The van der Waals surface area contributed by atoms with Gasteiger partial charge in [0.05, 0.1) is 30.5 Å². The molecule has 0 amide bonds. The number of aliphatic hydroxyl groups is 13. The molecule has 536 valence electrons. The summed E-state index contributed by atoms with van der Waals surface area (Å²) in [5.74, 6) is -5.56. The zero-order valence-corrected chi connectivity index (χ0v) is 55.3. The highest BCUT2D eigenvalue weighted by Gasteiger charge is 2.86. The van der Waals surface area contributed by atoms with Gasteiger partial charge in [0.15, 0.2) is 43.7 Å². The third-order valence-electron chi connectivity index (χ3n) is 25.0. The summed E-state index contributed by atoms with van der Waals surface area (Å²) in [6.07, 6.45) is -38.8. The minimum atomic E-state index is -2.29. The molecule has 94 heavy (non-hydrogen) atoms. The lowest BCUT2D eigenvalue weighted by Gasteiger charge is -2.75. The fourth-order valence-electron chi connectivity index (χ4n) is 19.8. The van der Waals surface area contributed by atoms with E-state index in [0.29, 0.717) is 50.5 Å². The van der Waals surface area contributed by atoms with E-state index in [-0.39, 0.29) is 37.5 Å². The van der Waals surface area contributed by atoms with E-state index in [1.807, 2.05) is 34.6 Å². The molecule has 0 aromatic carbocycles. The Hall–Kier alpha value is -3.22. The molecular formula is C65H102O29. The van der Waals surface area contributed by atoms with Crippen LogP contribution in [0.4, 0.5) is 0 Å². The molecule has 0 aromatic rings. The number of allylic oxidation sites excluding steroid dienone is 1. The van der Waals surface area contributed by atoms with Crippen LogP contribution in [0.15, 0.2) is 11.6 Å². The van der Waals surface area contributed by atoms with Gasteiger partial charge in [-0.2, -0.15) is 0 Å². The van der Waals surface area contributed by atoms with Crippen molar-refractivity contribution >= 4 is 23.9 Å². The maximum Gasteiger partial charge on any atom is 0.335 e. The van der Waals surface area contributed by atoms with E-state index in [0.717, 1.165) is 0 Å². The van der Waals surface area contributed by atoms with E-state index in [9.17, 15) is 90.7 Å². The molecule has 29 nitrogen and oxygen atoms in total. The first-order valence-corrected chi connectivity index (χ1v) is 33.3. The molecule has 10 rings (SSSR count). The molecule has 1 spiro atoms. The molecule has 0 unspecified atom stereocenters. The summed E-state index contributed by atoms with van der Waals surface area (Å²) in [5.41, 5.74) is -6.13. The van der Waals surface area contributed by atoms with Gasteiger partial charge in [0.2, 0.25) is 0 Å². The first-order valence-electron chi connectivity index (χ1n) is 33.3. The van der Waals surface area contributed by atoms with Gasteiger partial charge < -0.3 is 124 Å². The van der Waals surface area contributed by atoms with Gasteiger partial charge in [-0.1, -0.05) is 61.5 Å². The lowest BCUT2D eigenvalue weighted by atomic mass is 9.30. The lowest BCUT2D eigenvalue weighted by Crippen LogP contribution is -2.77. The molecule has 0 aromatic heterocycles. The van der Waals surface area contributed by atoms with Gasteiger partial charge in [-0.3, -0.25) is 9.59 Å². The van der Waals surface area contributed by atoms with Gasteiger partial charge in [0.1, 0.15) is 90.9 Å². The molecular weight excluding hydrogens is 1240 g/mol. The van der Waals surface area contributed by atoms with Crippen molar-refractivity contribution in [2.45, 2.75) is 300 Å². The summed E-state index contributed by atoms with van der Waals surface area (Å²) < 4.78 is 69.8. The number of hydrogen-bond donors (Lipinski definition) is 14. The number of fused-ring (bicyclic) bond motifs is 4. The number of ether oxygens (including phenoxy) is 11. The maximum absolute atomic E-state index is 13.9. The quantitative estimate of drug-likeness (QED) is 0.0362. The number of aliphatic carboxylic acids is 1. The Morgan fingerprint density at radius 2 is 1.23 bits per heavy atom. The van der Waals surface area contributed by atoms with Crippen molar-refractivity contribution in [3.63, 3.8) is 0 Å². The van der Waals surface area contributed by atoms with E-state index in [4.69, 9.17) is 52.1 Å². The Morgan fingerprint density at radius 3 is 1.86 bits per heavy atom. The Kier molecular flexibility index (Phi) is 20.9. The third-order valence-corrected chi connectivity index (χ3v) is 25.0. The average Bonchev–Trinajstić information content (AvgIpc) is 1.36. The van der Waals surface area contributed by atoms with Crippen LogP contribution in [0.3, 0.4) is 0 Å². The molecule has 29 heteroatoms. The van der Waals surface area contributed by atoms with Crippen molar-refractivity contribution in [1.82, 2.24) is 0 Å². The van der Waals surface area contributed by atoms with Crippen molar-refractivity contribution in [2.24, 2.45) is 56.2 Å². The smallest absolute Gasteiger partial charge is 0.335 e. The molecule has 33 atom stereocenters. The second kappa shape index (κ2) is 26.7. The second-order valence-corrected chi connectivity index (χ2v) is 30.6. The molecule has 14 N–H and O–H groups in total. The summed E-state index contributed by atoms with van der Waals surface area (Å²) in [5, 5.41) is 155. The summed E-state index contributed by atoms with van der Waals surface area (Å²) in [6.45, 7) is 19.3. The van der Waals surface area contributed by atoms with Crippen molar-refractivity contribution in [1.29, 1.82) is 0 Å². The summed E-state index contributed by atoms with van der Waals surface area (Å²) in [4.78, 5) is 54.7. The van der Waals surface area contributed by atoms with Gasteiger partial charge >= 0.3 is 23.9 Å². The van der Waals surface area contributed by atoms with Crippen LogP contribution in [0.25, 0.3) is 0 Å². The number of carboxylic acids is 1. The van der Waals surface area contributed by atoms with Gasteiger partial charge in [-0.15, -0.1) is 0 Å². The molecule has 4 heterocycles. The summed E-state index contributed by atoms with van der Waals surface area (Å²) >= 11 is 0. The SMILES string of the molecule is C/C=C(/C)C(=O)O[C@H]1[C@H](OC(=O)CCC)[C@@]23[C@@H](CC1(C)C)[C@]1(CC[C@@H]4[C@@]5(C)CC[C@H](O[C@@H]6O[C@H](C(=O)O)[C@@H](O)[C@H](O[C@@H]7O[C@H](CO)[C@H](O)[C@H](O)[C@H]7O[C@@H]7O[C@@H](O)[C@H](O)[C@@H](O)[C@H]7O)[C@H]6O[C@@H]6C[C@H](CO)[C@H](O)[C@H](O)[C@H]6O)C(C)(C)[C@@H]5CC[C@@]4(C)[C@]1(C)C[C@H]2OC(C)=O)O[C@@H]3O. The van der Waals surface area contributed by atoms with Gasteiger partial charge in [0.25, 0.3) is 0 Å². The molecule has 6 aliphatic carbocycles. The highest BCUT2D eigenvalue weighted by Crippen LogP contribution is 2.82. The summed E-state index contributed by atoms with van der Waals surface area (Å²) in [7, 11) is 0. The van der Waals surface area contributed by atoms with Crippen LogP contribution in [-0.4, -0.2) is 262 Å². The first-order chi connectivity index (χ1) is 43.9. The predicted molar refractivity (Wildman–Crippen MR) is 317 cm³/mol. The molecule has 4 aliphatic heterocycles. The van der Waals surface area contributed by atoms with Crippen LogP contribution < -0.4 is 0 Å². The predicted octanol–water partition coefficient (Wildman–Crippen LogP) is -0.938. The minimum Gasteiger partial charge on any atom is -0.479 e. The zero-order valence-electron chi connectivity index (χ0n) is 55.3. The van der Waals surface area contributed by atoms with Crippen LogP contribution in [0.1, 0.15) is 147 Å². The van der Waals surface area contributed by atoms with Crippen LogP contribution in [-0.2, 0) is 71.3 Å². The van der Waals surface area contributed by atoms with Crippen molar-refractivity contribution in [3.8, 4) is 0 Å². The topological polar surface area (TPSA) is 453 Å². The first kappa shape index (κ1) is 73.5. The molecule has 0 radical (unpaired) electrons. The highest BCUT2D eigenvalue weighted by atomic mass is 16.8. The number of esters is 3. The van der Waals surface area contributed by atoms with Crippen LogP contribution in [0, 0.1) is 56.2 Å². The van der Waals surface area contributed by atoms with E-state index >= 15 is 0 Å². The van der Waals surface area contributed by atoms with Gasteiger partial charge in [-0.05, 0) is 106 Å². The van der Waals surface area contributed by atoms with E-state index in [1.54, 1.807) is 19.9 Å². The zero-order chi connectivity index (χ0) is 69.2.